The third kappa shape index (κ3) is 3.13. The Bertz CT molecular complexity index is 955. The first-order valence-electron chi connectivity index (χ1n) is 9.92. The normalized spacial score (nSPS) is 23.2. The van der Waals surface area contributed by atoms with E-state index in [1.165, 1.54) is 35.6 Å². The van der Waals surface area contributed by atoms with Gasteiger partial charge in [-0.1, -0.05) is 67.1 Å². The summed E-state index contributed by atoms with van der Waals surface area (Å²) in [5, 5.41) is 2.51. The molecule has 0 N–H and O–H groups in total. The van der Waals surface area contributed by atoms with Gasteiger partial charge in [-0.05, 0) is 35.7 Å². The minimum atomic E-state index is -0.0654. The number of fused-ring (bicyclic) bond motifs is 1. The van der Waals surface area contributed by atoms with E-state index < -0.39 is 0 Å². The molecule has 0 radical (unpaired) electrons. The molecule has 2 atom stereocenters. The standard InChI is InChI=1S/C24H24N2O/c1-3-11-19(12-4-1)24-25-23(26-16-7-2-8-17-26)22(27-24)21-15-9-13-18-10-5-6-14-20(18)21/h1,3-6,9-15,22-23H,2,7-8,16-17H2/t22-,23+/m0/s1. The molecule has 0 unspecified atom stereocenters. The van der Waals surface area contributed by atoms with Crippen LogP contribution >= 0.6 is 0 Å². The van der Waals surface area contributed by atoms with E-state index in [4.69, 9.17) is 9.73 Å². The summed E-state index contributed by atoms with van der Waals surface area (Å²) in [4.78, 5) is 7.57. The summed E-state index contributed by atoms with van der Waals surface area (Å²) >= 11 is 0. The highest BCUT2D eigenvalue weighted by Crippen LogP contribution is 2.37. The first kappa shape index (κ1) is 16.5. The van der Waals surface area contributed by atoms with Gasteiger partial charge >= 0.3 is 0 Å². The maximum atomic E-state index is 6.52. The molecule has 3 nitrogen and oxygen atoms in total. The van der Waals surface area contributed by atoms with E-state index in [1.54, 1.807) is 0 Å². The summed E-state index contributed by atoms with van der Waals surface area (Å²) in [5.74, 6) is 0.768. The Kier molecular flexibility index (Phi) is 4.38. The molecule has 2 aliphatic heterocycles. The molecule has 2 heterocycles. The Hall–Kier alpha value is -2.65. The first-order valence-corrected chi connectivity index (χ1v) is 9.92. The number of aliphatic imine (C=N–C) groups is 1. The summed E-state index contributed by atoms with van der Waals surface area (Å²) in [6.07, 6.45) is 3.79. The smallest absolute Gasteiger partial charge is 0.218 e. The number of hydrogen-bond donors (Lipinski definition) is 0. The van der Waals surface area contributed by atoms with Gasteiger partial charge < -0.3 is 4.74 Å². The van der Waals surface area contributed by atoms with Gasteiger partial charge in [-0.25, -0.2) is 4.99 Å². The molecule has 0 bridgehead atoms. The lowest BCUT2D eigenvalue weighted by Gasteiger charge is -2.33. The van der Waals surface area contributed by atoms with Gasteiger partial charge in [0.1, 0.15) is 6.17 Å². The van der Waals surface area contributed by atoms with Crippen LogP contribution in [0.5, 0.6) is 0 Å². The van der Waals surface area contributed by atoms with E-state index in [0.29, 0.717) is 0 Å². The van der Waals surface area contributed by atoms with Crippen molar-refractivity contribution in [3.63, 3.8) is 0 Å². The summed E-state index contributed by atoms with van der Waals surface area (Å²) in [6.45, 7) is 2.20. The molecule has 0 spiro atoms. The van der Waals surface area contributed by atoms with Crippen LogP contribution in [-0.2, 0) is 4.74 Å². The van der Waals surface area contributed by atoms with Gasteiger partial charge in [0.05, 0.1) is 0 Å². The Balaban J connectivity index is 1.57. The van der Waals surface area contributed by atoms with Gasteiger partial charge in [-0.3, -0.25) is 4.90 Å². The van der Waals surface area contributed by atoms with E-state index in [9.17, 15) is 0 Å². The molecule has 5 rings (SSSR count). The largest absolute Gasteiger partial charge is 0.465 e. The lowest BCUT2D eigenvalue weighted by atomic mass is 9.98. The van der Waals surface area contributed by atoms with Crippen molar-refractivity contribution in [1.82, 2.24) is 4.90 Å². The lowest BCUT2D eigenvalue weighted by Crippen LogP contribution is -2.40. The molecule has 1 saturated heterocycles. The summed E-state index contributed by atoms with van der Waals surface area (Å²) in [7, 11) is 0. The maximum Gasteiger partial charge on any atom is 0.218 e. The molecule has 3 heteroatoms. The second kappa shape index (κ2) is 7.16. The third-order valence-electron chi connectivity index (χ3n) is 5.67. The van der Waals surface area contributed by atoms with Gasteiger partial charge in [-0.2, -0.15) is 0 Å². The van der Waals surface area contributed by atoms with Crippen LogP contribution in [0.4, 0.5) is 0 Å². The molecule has 3 aromatic rings. The van der Waals surface area contributed by atoms with E-state index in [2.05, 4.69) is 59.5 Å². The van der Waals surface area contributed by atoms with Crippen LogP contribution in [0.25, 0.3) is 10.8 Å². The molecule has 0 aliphatic carbocycles. The number of rotatable bonds is 3. The maximum absolute atomic E-state index is 6.52. The van der Waals surface area contributed by atoms with Crippen LogP contribution in [0.2, 0.25) is 0 Å². The molecule has 27 heavy (non-hydrogen) atoms. The Morgan fingerprint density at radius 2 is 1.52 bits per heavy atom. The van der Waals surface area contributed by atoms with Gasteiger partial charge in [0, 0.05) is 24.2 Å². The van der Waals surface area contributed by atoms with Crippen molar-refractivity contribution < 1.29 is 4.74 Å². The summed E-state index contributed by atoms with van der Waals surface area (Å²) in [6, 6.07) is 25.4. The van der Waals surface area contributed by atoms with Crippen molar-refractivity contribution >= 4 is 16.7 Å². The average Bonchev–Trinajstić information content (AvgIpc) is 3.20. The van der Waals surface area contributed by atoms with Gasteiger partial charge in [0.2, 0.25) is 5.90 Å². The number of benzene rings is 3. The predicted octanol–water partition coefficient (Wildman–Crippen LogP) is 5.17. The number of likely N-dealkylation sites (tertiary alicyclic amines) is 1. The average molecular weight is 356 g/mol. The zero-order chi connectivity index (χ0) is 18.1. The fraction of sp³-hybridized carbons (Fsp3) is 0.292. The van der Waals surface area contributed by atoms with Crippen molar-refractivity contribution in [2.75, 3.05) is 13.1 Å². The van der Waals surface area contributed by atoms with Crippen molar-refractivity contribution in [3.8, 4) is 0 Å². The van der Waals surface area contributed by atoms with E-state index in [0.717, 1.165) is 24.6 Å². The molecule has 0 amide bonds. The molecule has 3 aromatic carbocycles. The Morgan fingerprint density at radius 3 is 2.37 bits per heavy atom. The number of piperidine rings is 1. The van der Waals surface area contributed by atoms with Gasteiger partial charge in [0.15, 0.2) is 6.10 Å². The number of ether oxygens (including phenoxy) is 1. The number of hydrogen-bond acceptors (Lipinski definition) is 3. The zero-order valence-corrected chi connectivity index (χ0v) is 15.4. The topological polar surface area (TPSA) is 24.8 Å². The van der Waals surface area contributed by atoms with Crippen molar-refractivity contribution in [2.24, 2.45) is 4.99 Å². The van der Waals surface area contributed by atoms with Crippen LogP contribution in [0.3, 0.4) is 0 Å². The highest BCUT2D eigenvalue weighted by molar-refractivity contribution is 5.96. The third-order valence-corrected chi connectivity index (χ3v) is 5.67. The summed E-state index contributed by atoms with van der Waals surface area (Å²) < 4.78 is 6.52. The van der Waals surface area contributed by atoms with Gasteiger partial charge in [-0.15, -0.1) is 0 Å². The van der Waals surface area contributed by atoms with Crippen molar-refractivity contribution in [1.29, 1.82) is 0 Å². The minimum absolute atomic E-state index is 0.0475. The lowest BCUT2D eigenvalue weighted by molar-refractivity contribution is 0.0782. The molecule has 0 aromatic heterocycles. The van der Waals surface area contributed by atoms with Crippen LogP contribution in [0.15, 0.2) is 77.8 Å². The van der Waals surface area contributed by atoms with Crippen LogP contribution in [0, 0.1) is 0 Å². The second-order valence-corrected chi connectivity index (χ2v) is 7.42. The fourth-order valence-electron chi connectivity index (χ4n) is 4.30. The minimum Gasteiger partial charge on any atom is -0.465 e. The fourth-order valence-corrected chi connectivity index (χ4v) is 4.30. The monoisotopic (exact) mass is 356 g/mol. The van der Waals surface area contributed by atoms with Crippen LogP contribution in [0.1, 0.15) is 36.5 Å². The molecular weight excluding hydrogens is 332 g/mol. The zero-order valence-electron chi connectivity index (χ0n) is 15.4. The first-order chi connectivity index (χ1) is 13.4. The van der Waals surface area contributed by atoms with Crippen molar-refractivity contribution in [2.45, 2.75) is 31.5 Å². The predicted molar refractivity (Wildman–Crippen MR) is 110 cm³/mol. The van der Waals surface area contributed by atoms with Gasteiger partial charge in [0.25, 0.3) is 0 Å². The Morgan fingerprint density at radius 1 is 0.778 bits per heavy atom. The molecule has 0 saturated carbocycles. The van der Waals surface area contributed by atoms with Crippen LogP contribution in [-0.4, -0.2) is 30.1 Å². The Labute approximate surface area is 160 Å². The quantitative estimate of drug-likeness (QED) is 0.647. The van der Waals surface area contributed by atoms with E-state index >= 15 is 0 Å². The van der Waals surface area contributed by atoms with Crippen molar-refractivity contribution in [3.05, 3.63) is 83.9 Å². The molecular formula is C24H24N2O. The molecule has 1 fully saturated rings. The molecule has 136 valence electrons. The van der Waals surface area contributed by atoms with E-state index in [1.807, 2.05) is 18.2 Å². The molecule has 2 aliphatic rings. The van der Waals surface area contributed by atoms with Crippen LogP contribution < -0.4 is 0 Å². The second-order valence-electron chi connectivity index (χ2n) is 7.42. The summed E-state index contributed by atoms with van der Waals surface area (Å²) in [5.41, 5.74) is 2.29. The number of nitrogens with zero attached hydrogens (tertiary/aromatic N) is 2. The SMILES string of the molecule is c1ccc(C2=N[C@H](N3CCCCC3)[C@H](c3cccc4ccccc34)O2)cc1. The highest BCUT2D eigenvalue weighted by atomic mass is 16.5. The van der Waals surface area contributed by atoms with E-state index in [-0.39, 0.29) is 12.3 Å². The highest BCUT2D eigenvalue weighted by Gasteiger charge is 2.38.